The Bertz CT molecular complexity index is 184. The van der Waals surface area contributed by atoms with E-state index in [1.165, 1.54) is 0 Å². The second kappa shape index (κ2) is 2.77. The fourth-order valence-electron chi connectivity index (χ4n) is 0.567. The standard InChI is InChI=1S/C6H6F2N2/c1-2-5-9-3-4(10-5)6(7)8/h6H,2H2,1H3. The average molecular weight is 144 g/mol. The van der Waals surface area contributed by atoms with Gasteiger partial charge in [-0.1, -0.05) is 6.92 Å². The lowest BCUT2D eigenvalue weighted by Gasteiger charge is -1.90. The molecule has 2 radical (unpaired) electrons. The summed E-state index contributed by atoms with van der Waals surface area (Å²) in [7, 11) is 0. The van der Waals surface area contributed by atoms with Crippen LogP contribution in [0.5, 0.6) is 0 Å². The molecule has 0 saturated heterocycles. The number of allylic oxidation sites excluding steroid dienone is 1. The third kappa shape index (κ3) is 1.32. The molecule has 0 aliphatic carbocycles. The number of aliphatic imine (C=N–C) groups is 1. The van der Waals surface area contributed by atoms with Crippen LogP contribution in [0.15, 0.2) is 10.7 Å². The van der Waals surface area contributed by atoms with Crippen molar-refractivity contribution in [2.75, 3.05) is 0 Å². The van der Waals surface area contributed by atoms with Crippen LogP contribution in [-0.4, -0.2) is 12.3 Å². The van der Waals surface area contributed by atoms with E-state index in [0.29, 0.717) is 12.3 Å². The predicted octanol–water partition coefficient (Wildman–Crippen LogP) is 1.32. The molecule has 0 bridgehead atoms. The molecule has 0 fully saturated rings. The van der Waals surface area contributed by atoms with E-state index in [1.807, 2.05) is 0 Å². The molecule has 1 aliphatic rings. The number of halogens is 2. The molecule has 0 aromatic heterocycles. The Morgan fingerprint density at radius 2 is 2.30 bits per heavy atom. The van der Waals surface area contributed by atoms with Crippen LogP contribution in [0.2, 0.25) is 0 Å². The molecule has 0 amide bonds. The summed E-state index contributed by atoms with van der Waals surface area (Å²) in [4.78, 5) is 3.51. The normalized spacial score (nSPS) is 16.8. The lowest BCUT2D eigenvalue weighted by molar-refractivity contribution is 0.188. The Morgan fingerprint density at radius 3 is 2.60 bits per heavy atom. The first kappa shape index (κ1) is 7.18. The fourth-order valence-corrected chi connectivity index (χ4v) is 0.567. The van der Waals surface area contributed by atoms with Gasteiger partial charge >= 0.3 is 0 Å². The van der Waals surface area contributed by atoms with Crippen LogP contribution in [0.3, 0.4) is 0 Å². The van der Waals surface area contributed by atoms with Gasteiger partial charge in [0.25, 0.3) is 6.43 Å². The smallest absolute Gasteiger partial charge is 0.230 e. The van der Waals surface area contributed by atoms with E-state index in [2.05, 4.69) is 16.5 Å². The Kier molecular flexibility index (Phi) is 1.99. The summed E-state index contributed by atoms with van der Waals surface area (Å²) in [5.41, 5.74) is -0.350. The van der Waals surface area contributed by atoms with Crippen LogP contribution in [-0.2, 0) is 0 Å². The lowest BCUT2D eigenvalue weighted by Crippen LogP contribution is -2.02. The zero-order valence-electron chi connectivity index (χ0n) is 5.43. The number of hydrogen-bond donors (Lipinski definition) is 0. The minimum atomic E-state index is -2.55. The van der Waals surface area contributed by atoms with Gasteiger partial charge in [-0.25, -0.2) is 19.1 Å². The summed E-state index contributed by atoms with van der Waals surface area (Å²) in [5.74, 6) is 0.426. The number of alkyl halides is 2. The molecule has 0 aromatic carbocycles. The van der Waals surface area contributed by atoms with Gasteiger partial charge in [0.05, 0.1) is 0 Å². The van der Waals surface area contributed by atoms with Crippen LogP contribution in [0.1, 0.15) is 13.3 Å². The second-order valence-electron chi connectivity index (χ2n) is 1.79. The van der Waals surface area contributed by atoms with E-state index < -0.39 is 6.43 Å². The average Bonchev–Trinajstić information content (AvgIpc) is 2.34. The minimum Gasteiger partial charge on any atom is -0.230 e. The lowest BCUT2D eigenvalue weighted by atomic mass is 10.4. The van der Waals surface area contributed by atoms with Crippen molar-refractivity contribution in [3.63, 3.8) is 0 Å². The Balaban J connectivity index is 2.59. The maximum absolute atomic E-state index is 11.8. The molecule has 2 nitrogen and oxygen atoms in total. The van der Waals surface area contributed by atoms with Crippen molar-refractivity contribution in [3.05, 3.63) is 11.9 Å². The monoisotopic (exact) mass is 144 g/mol. The molecule has 0 atom stereocenters. The summed E-state index contributed by atoms with van der Waals surface area (Å²) in [6.07, 6.45) is 0.169. The second-order valence-corrected chi connectivity index (χ2v) is 1.79. The van der Waals surface area contributed by atoms with Crippen LogP contribution >= 0.6 is 0 Å². The minimum absolute atomic E-state index is 0.350. The van der Waals surface area contributed by atoms with Crippen molar-refractivity contribution in [2.24, 2.45) is 4.99 Å². The first-order valence-electron chi connectivity index (χ1n) is 2.93. The summed E-state index contributed by atoms with van der Waals surface area (Å²) < 4.78 is 23.6. The van der Waals surface area contributed by atoms with Gasteiger partial charge in [-0.05, 0) is 0 Å². The molecular weight excluding hydrogens is 138 g/mol. The van der Waals surface area contributed by atoms with Gasteiger partial charge in [0, 0.05) is 6.42 Å². The summed E-state index contributed by atoms with van der Waals surface area (Å²) in [6.45, 7) is 1.80. The summed E-state index contributed by atoms with van der Waals surface area (Å²) in [5, 5.41) is 3.54. The van der Waals surface area contributed by atoms with E-state index in [1.54, 1.807) is 6.92 Å². The Hall–Kier alpha value is -0.930. The SMILES string of the molecule is CCC1=NC(C(F)F)=[C][N]1. The molecule has 0 unspecified atom stereocenters. The van der Waals surface area contributed by atoms with Gasteiger partial charge in [-0.3, -0.25) is 0 Å². The van der Waals surface area contributed by atoms with Crippen LogP contribution < -0.4 is 5.32 Å². The largest absolute Gasteiger partial charge is 0.282 e. The van der Waals surface area contributed by atoms with E-state index in [-0.39, 0.29) is 5.70 Å². The molecule has 0 aromatic rings. The number of hydrogen-bond acceptors (Lipinski definition) is 1. The maximum atomic E-state index is 11.8. The zero-order chi connectivity index (χ0) is 7.56. The van der Waals surface area contributed by atoms with Crippen LogP contribution in [0.25, 0.3) is 0 Å². The summed E-state index contributed by atoms with van der Waals surface area (Å²) >= 11 is 0. The van der Waals surface area contributed by atoms with Gasteiger partial charge in [0.2, 0.25) is 0 Å². The molecule has 1 aliphatic heterocycles. The van der Waals surface area contributed by atoms with E-state index in [9.17, 15) is 8.78 Å². The first-order chi connectivity index (χ1) is 4.74. The molecular formula is C6H6F2N2. The zero-order valence-corrected chi connectivity index (χ0v) is 5.43. The van der Waals surface area contributed by atoms with Gasteiger partial charge in [0.1, 0.15) is 17.7 Å². The topological polar surface area (TPSA) is 26.5 Å². The molecule has 0 saturated carbocycles. The molecule has 54 valence electrons. The number of rotatable bonds is 2. The van der Waals surface area contributed by atoms with Crippen LogP contribution in [0.4, 0.5) is 8.78 Å². The van der Waals surface area contributed by atoms with Gasteiger partial charge < -0.3 is 0 Å². The molecule has 1 rings (SSSR count). The quantitative estimate of drug-likeness (QED) is 0.558. The molecule has 0 spiro atoms. The van der Waals surface area contributed by atoms with Gasteiger partial charge in [0.15, 0.2) is 0 Å². The summed E-state index contributed by atoms with van der Waals surface area (Å²) in [6, 6.07) is 0. The van der Waals surface area contributed by atoms with Crippen molar-refractivity contribution in [3.8, 4) is 0 Å². The maximum Gasteiger partial charge on any atom is 0.282 e. The van der Waals surface area contributed by atoms with E-state index >= 15 is 0 Å². The highest BCUT2D eigenvalue weighted by Gasteiger charge is 2.16. The van der Waals surface area contributed by atoms with Crippen molar-refractivity contribution in [2.45, 2.75) is 19.8 Å². The van der Waals surface area contributed by atoms with E-state index in [0.717, 1.165) is 0 Å². The highest BCUT2D eigenvalue weighted by atomic mass is 19.3. The Morgan fingerprint density at radius 1 is 1.60 bits per heavy atom. The van der Waals surface area contributed by atoms with Crippen molar-refractivity contribution < 1.29 is 8.78 Å². The van der Waals surface area contributed by atoms with E-state index in [4.69, 9.17) is 0 Å². The van der Waals surface area contributed by atoms with Gasteiger partial charge in [-0.2, -0.15) is 0 Å². The van der Waals surface area contributed by atoms with Crippen molar-refractivity contribution >= 4 is 5.84 Å². The van der Waals surface area contributed by atoms with Crippen molar-refractivity contribution in [1.82, 2.24) is 5.32 Å². The Labute approximate surface area is 57.6 Å². The van der Waals surface area contributed by atoms with Crippen molar-refractivity contribution in [1.29, 1.82) is 0 Å². The highest BCUT2D eigenvalue weighted by molar-refractivity contribution is 5.84. The third-order valence-electron chi connectivity index (χ3n) is 1.07. The third-order valence-corrected chi connectivity index (χ3v) is 1.07. The number of amidine groups is 1. The van der Waals surface area contributed by atoms with Gasteiger partial charge in [-0.15, -0.1) is 0 Å². The predicted molar refractivity (Wildman–Crippen MR) is 32.6 cm³/mol. The molecule has 1 heterocycles. The fraction of sp³-hybridized carbons (Fsp3) is 0.500. The number of nitrogens with zero attached hydrogens (tertiary/aromatic N) is 2. The molecule has 0 N–H and O–H groups in total. The molecule has 4 heteroatoms. The highest BCUT2D eigenvalue weighted by Crippen LogP contribution is 2.13. The van der Waals surface area contributed by atoms with Crippen LogP contribution in [0, 0.1) is 6.20 Å². The first-order valence-corrected chi connectivity index (χ1v) is 2.93. The molecule has 10 heavy (non-hydrogen) atoms.